The number of benzene rings is 1. The molecule has 0 aliphatic carbocycles. The number of nitrogen functional groups attached to an aromatic ring is 1. The summed E-state index contributed by atoms with van der Waals surface area (Å²) in [4.78, 5) is 24.7. The van der Waals surface area contributed by atoms with Crippen LogP contribution in [0.15, 0.2) is 53.1 Å². The number of carbonyl (C=O) groups excluding carboxylic acids is 1. The molecule has 0 saturated carbocycles. The molecule has 0 fully saturated rings. The first-order valence-electron chi connectivity index (χ1n) is 7.56. The molecule has 4 rings (SSSR count). The molecule has 3 aromatic rings. The summed E-state index contributed by atoms with van der Waals surface area (Å²) in [5.74, 6) is 0.430. The maximum atomic E-state index is 12.0. The zero-order chi connectivity index (χ0) is 17.2. The Labute approximate surface area is 147 Å². The summed E-state index contributed by atoms with van der Waals surface area (Å²) in [6.45, 7) is 0. The third-order valence-electron chi connectivity index (χ3n) is 3.80. The van der Waals surface area contributed by atoms with Crippen molar-refractivity contribution in [3.8, 4) is 0 Å². The van der Waals surface area contributed by atoms with E-state index in [-0.39, 0.29) is 12.1 Å². The number of nitrogens with two attached hydrogens (primary N) is 1. The Hall–Kier alpha value is -3.26. The Kier molecular flexibility index (Phi) is 3.87. The summed E-state index contributed by atoms with van der Waals surface area (Å²) in [5.41, 5.74) is 9.08. The zero-order valence-corrected chi connectivity index (χ0v) is 13.8. The van der Waals surface area contributed by atoms with Crippen molar-refractivity contribution >= 4 is 40.1 Å². The van der Waals surface area contributed by atoms with Gasteiger partial charge < -0.3 is 11.1 Å². The van der Waals surface area contributed by atoms with Crippen LogP contribution in [0, 0.1) is 0 Å². The van der Waals surface area contributed by atoms with Crippen molar-refractivity contribution in [2.75, 3.05) is 16.4 Å². The maximum Gasteiger partial charge on any atom is 0.324 e. The highest BCUT2D eigenvalue weighted by molar-refractivity contribution is 7.14. The van der Waals surface area contributed by atoms with Crippen LogP contribution in [0.2, 0.25) is 0 Å². The van der Waals surface area contributed by atoms with Gasteiger partial charge in [-0.2, -0.15) is 0 Å². The van der Waals surface area contributed by atoms with E-state index >= 15 is 0 Å². The number of thiophene rings is 1. The molecule has 124 valence electrons. The van der Waals surface area contributed by atoms with Gasteiger partial charge in [0.1, 0.15) is 18.2 Å². The van der Waals surface area contributed by atoms with Crippen LogP contribution in [0.1, 0.15) is 22.9 Å². The van der Waals surface area contributed by atoms with Crippen LogP contribution >= 0.6 is 11.3 Å². The Morgan fingerprint density at radius 2 is 1.96 bits per heavy atom. The molecule has 7 nitrogen and oxygen atoms in total. The first-order chi connectivity index (χ1) is 12.2. The first-order valence-corrected chi connectivity index (χ1v) is 8.44. The molecule has 2 aromatic heterocycles. The summed E-state index contributed by atoms with van der Waals surface area (Å²) in [6, 6.07) is 10.7. The number of amides is 2. The zero-order valence-electron chi connectivity index (χ0n) is 13.0. The minimum Gasteiger partial charge on any atom is -0.383 e. The second kappa shape index (κ2) is 6.33. The van der Waals surface area contributed by atoms with Crippen molar-refractivity contribution < 1.29 is 4.79 Å². The van der Waals surface area contributed by atoms with Crippen LogP contribution < -0.4 is 16.4 Å². The second-order valence-corrected chi connectivity index (χ2v) is 6.36. The maximum absolute atomic E-state index is 12.0. The van der Waals surface area contributed by atoms with Crippen molar-refractivity contribution in [2.45, 2.75) is 6.04 Å². The molecular formula is C17H14N6OS. The van der Waals surface area contributed by atoms with E-state index in [1.54, 1.807) is 6.21 Å². The number of anilines is 3. The van der Waals surface area contributed by atoms with Gasteiger partial charge in [0.05, 0.1) is 16.3 Å². The van der Waals surface area contributed by atoms with E-state index < -0.39 is 0 Å². The minimum atomic E-state index is -0.278. The second-order valence-electron chi connectivity index (χ2n) is 5.42. The minimum absolute atomic E-state index is 0.200. The molecule has 0 bridgehead atoms. The van der Waals surface area contributed by atoms with Gasteiger partial charge in [-0.1, -0.05) is 12.1 Å². The quantitative estimate of drug-likeness (QED) is 0.674. The molecular weight excluding hydrogens is 336 g/mol. The predicted octanol–water partition coefficient (Wildman–Crippen LogP) is 3.29. The number of carbonyl (C=O) groups is 1. The molecule has 8 heteroatoms. The van der Waals surface area contributed by atoms with Gasteiger partial charge in [0.25, 0.3) is 0 Å². The van der Waals surface area contributed by atoms with E-state index in [0.29, 0.717) is 11.5 Å². The predicted molar refractivity (Wildman–Crippen MR) is 99.3 cm³/mol. The van der Waals surface area contributed by atoms with Crippen molar-refractivity contribution in [3.63, 3.8) is 0 Å². The Morgan fingerprint density at radius 3 is 2.72 bits per heavy atom. The summed E-state index contributed by atoms with van der Waals surface area (Å²) in [5, 5.41) is 8.27. The lowest BCUT2D eigenvalue weighted by molar-refractivity contribution is 0.262. The van der Waals surface area contributed by atoms with Crippen LogP contribution in [-0.2, 0) is 0 Å². The van der Waals surface area contributed by atoms with Crippen molar-refractivity contribution in [2.24, 2.45) is 4.99 Å². The Bertz CT molecular complexity index is 936. The van der Waals surface area contributed by atoms with Gasteiger partial charge in [-0.3, -0.25) is 10.3 Å². The molecule has 1 aromatic carbocycles. The number of hydrogen-bond acceptors (Lipinski definition) is 6. The summed E-state index contributed by atoms with van der Waals surface area (Å²) in [6.07, 6.45) is 3.15. The number of aromatic nitrogens is 2. The van der Waals surface area contributed by atoms with Crippen LogP contribution in [-0.4, -0.2) is 22.2 Å². The fraction of sp³-hybridized carbons (Fsp3) is 0.0588. The van der Waals surface area contributed by atoms with Gasteiger partial charge >= 0.3 is 6.03 Å². The van der Waals surface area contributed by atoms with Gasteiger partial charge in [-0.25, -0.2) is 14.8 Å². The standard InChI is InChI=1S/C17H14N6OS/c18-16-12-8-19-14(15(12)20-9-21-16)10-3-5-11(6-4-10)22-17(24)23-13-2-1-7-25-13/h1-9,14H,(H2,18,20,21)(H2,22,23,24). The fourth-order valence-electron chi connectivity index (χ4n) is 2.61. The van der Waals surface area contributed by atoms with E-state index in [1.165, 1.54) is 17.7 Å². The number of hydrogen-bond donors (Lipinski definition) is 3. The van der Waals surface area contributed by atoms with Crippen LogP contribution in [0.25, 0.3) is 0 Å². The van der Waals surface area contributed by atoms with E-state index in [1.807, 2.05) is 41.8 Å². The normalized spacial score (nSPS) is 15.0. The molecule has 1 aliphatic rings. The summed E-state index contributed by atoms with van der Waals surface area (Å²) in [7, 11) is 0. The Balaban J connectivity index is 1.47. The van der Waals surface area contributed by atoms with E-state index in [4.69, 9.17) is 5.73 Å². The summed E-state index contributed by atoms with van der Waals surface area (Å²) < 4.78 is 0. The fourth-order valence-corrected chi connectivity index (χ4v) is 3.22. The molecule has 0 spiro atoms. The molecule has 25 heavy (non-hydrogen) atoms. The van der Waals surface area contributed by atoms with E-state index in [2.05, 4.69) is 25.6 Å². The number of aliphatic imine (C=N–C) groups is 1. The van der Waals surface area contributed by atoms with Crippen LogP contribution in [0.3, 0.4) is 0 Å². The Morgan fingerprint density at radius 1 is 1.12 bits per heavy atom. The number of rotatable bonds is 3. The molecule has 2 amide bonds. The third-order valence-corrected chi connectivity index (χ3v) is 4.58. The lowest BCUT2D eigenvalue weighted by Gasteiger charge is -2.11. The molecule has 3 heterocycles. The average molecular weight is 350 g/mol. The first kappa shape index (κ1) is 15.3. The average Bonchev–Trinajstić information content (AvgIpc) is 3.26. The molecule has 1 aliphatic heterocycles. The monoisotopic (exact) mass is 350 g/mol. The lowest BCUT2D eigenvalue weighted by atomic mass is 10.0. The number of nitrogens with zero attached hydrogens (tertiary/aromatic N) is 3. The van der Waals surface area contributed by atoms with Crippen molar-refractivity contribution in [3.05, 3.63) is 64.9 Å². The lowest BCUT2D eigenvalue weighted by Crippen LogP contribution is -2.18. The topological polar surface area (TPSA) is 105 Å². The van der Waals surface area contributed by atoms with Gasteiger partial charge in [-0.15, -0.1) is 11.3 Å². The largest absolute Gasteiger partial charge is 0.383 e. The molecule has 0 radical (unpaired) electrons. The van der Waals surface area contributed by atoms with Gasteiger partial charge in [0.15, 0.2) is 0 Å². The van der Waals surface area contributed by atoms with Gasteiger partial charge in [0.2, 0.25) is 0 Å². The number of fused-ring (bicyclic) bond motifs is 1. The van der Waals surface area contributed by atoms with Crippen LogP contribution in [0.5, 0.6) is 0 Å². The molecule has 1 unspecified atom stereocenters. The van der Waals surface area contributed by atoms with E-state index in [9.17, 15) is 4.79 Å². The summed E-state index contributed by atoms with van der Waals surface area (Å²) >= 11 is 1.47. The van der Waals surface area contributed by atoms with Gasteiger partial charge in [-0.05, 0) is 35.2 Å². The SMILES string of the molecule is Nc1ncnc2c1C=NC2c1ccc(NC(=O)Nc2cccs2)cc1. The molecule has 0 saturated heterocycles. The van der Waals surface area contributed by atoms with Gasteiger partial charge in [0, 0.05) is 11.9 Å². The third kappa shape index (κ3) is 3.07. The highest BCUT2D eigenvalue weighted by atomic mass is 32.1. The van der Waals surface area contributed by atoms with Crippen molar-refractivity contribution in [1.82, 2.24) is 9.97 Å². The number of urea groups is 1. The molecule has 4 N–H and O–H groups in total. The highest BCUT2D eigenvalue weighted by Crippen LogP contribution is 2.32. The van der Waals surface area contributed by atoms with Crippen LogP contribution in [0.4, 0.5) is 21.3 Å². The smallest absolute Gasteiger partial charge is 0.324 e. The molecule has 1 atom stereocenters. The van der Waals surface area contributed by atoms with E-state index in [0.717, 1.165) is 21.8 Å². The highest BCUT2D eigenvalue weighted by Gasteiger charge is 2.24. The van der Waals surface area contributed by atoms with Crippen molar-refractivity contribution in [1.29, 1.82) is 0 Å². The number of nitrogens with one attached hydrogen (secondary N) is 2.